The number of carbonyl (C=O) groups is 1. The number of aromatic nitrogens is 1. The number of pyridine rings is 1. The van der Waals surface area contributed by atoms with Gasteiger partial charge in [-0.1, -0.05) is 13.8 Å². The number of aryl methyl sites for hydroxylation is 1. The third kappa shape index (κ3) is 3.39. The Balaban J connectivity index is 1.59. The molecule has 2 aliphatic rings. The minimum Gasteiger partial charge on any atom is -0.489 e. The highest BCUT2D eigenvalue weighted by Crippen LogP contribution is 2.36. The van der Waals surface area contributed by atoms with Gasteiger partial charge in [0, 0.05) is 37.3 Å². The number of amides is 1. The molecule has 1 amide bonds. The number of halogens is 1. The van der Waals surface area contributed by atoms with Crippen LogP contribution in [-0.2, 0) is 11.8 Å². The van der Waals surface area contributed by atoms with Gasteiger partial charge < -0.3 is 14.2 Å². The van der Waals surface area contributed by atoms with E-state index in [1.54, 1.807) is 13.2 Å². The molecule has 3 rings (SSSR count). The smallest absolute Gasteiger partial charge is 0.254 e. The van der Waals surface area contributed by atoms with Gasteiger partial charge in [-0.2, -0.15) is 0 Å². The second kappa shape index (κ2) is 6.54. The second-order valence-electron chi connectivity index (χ2n) is 7.62. The van der Waals surface area contributed by atoms with Crippen LogP contribution in [0.15, 0.2) is 21.5 Å². The molecule has 0 N–H and O–H groups in total. The summed E-state index contributed by atoms with van der Waals surface area (Å²) in [6, 6.07) is 1.87. The summed E-state index contributed by atoms with van der Waals surface area (Å²) < 4.78 is 8.35. The van der Waals surface area contributed by atoms with Crippen LogP contribution < -0.4 is 10.3 Å². The molecule has 0 bridgehead atoms. The van der Waals surface area contributed by atoms with Gasteiger partial charge in [-0.05, 0) is 48.0 Å². The lowest BCUT2D eigenvalue weighted by atomic mass is 9.90. The number of carbonyl (C=O) groups excluding carboxylic acids is 1. The van der Waals surface area contributed by atoms with Crippen molar-refractivity contribution in [2.24, 2.45) is 12.5 Å². The fourth-order valence-corrected chi connectivity index (χ4v) is 4.19. The van der Waals surface area contributed by atoms with Crippen molar-refractivity contribution < 1.29 is 9.53 Å². The molecule has 0 radical (unpaired) electrons. The van der Waals surface area contributed by atoms with E-state index in [9.17, 15) is 9.59 Å². The molecule has 1 aromatic heterocycles. The van der Waals surface area contributed by atoms with E-state index in [0.717, 1.165) is 43.1 Å². The number of nitrogens with zero attached hydrogens (tertiary/aromatic N) is 2. The van der Waals surface area contributed by atoms with Gasteiger partial charge in [-0.15, -0.1) is 0 Å². The number of ether oxygens (including phenoxy) is 1. The van der Waals surface area contributed by atoms with E-state index in [1.807, 2.05) is 13.8 Å². The van der Waals surface area contributed by atoms with E-state index in [4.69, 9.17) is 4.74 Å². The van der Waals surface area contributed by atoms with Crippen LogP contribution in [0.1, 0.15) is 46.0 Å². The Morgan fingerprint density at radius 3 is 2.46 bits per heavy atom. The van der Waals surface area contributed by atoms with Gasteiger partial charge in [0.1, 0.15) is 5.75 Å². The molecule has 24 heavy (non-hydrogen) atoms. The van der Waals surface area contributed by atoms with Crippen molar-refractivity contribution in [1.82, 2.24) is 9.47 Å². The Hall–Kier alpha value is -1.30. The first-order chi connectivity index (χ1) is 11.3. The van der Waals surface area contributed by atoms with Crippen LogP contribution in [0.25, 0.3) is 0 Å². The lowest BCUT2D eigenvalue weighted by Gasteiger charge is -2.35. The summed E-state index contributed by atoms with van der Waals surface area (Å²) in [5, 5.41) is 0. The normalized spacial score (nSPS) is 26.7. The molecule has 1 aliphatic heterocycles. The maximum atomic E-state index is 12.5. The summed E-state index contributed by atoms with van der Waals surface area (Å²) in [5.41, 5.74) is -0.283. The van der Waals surface area contributed by atoms with E-state index >= 15 is 0 Å². The quantitative estimate of drug-likeness (QED) is 0.788. The fourth-order valence-electron chi connectivity index (χ4n) is 3.67. The van der Waals surface area contributed by atoms with Crippen LogP contribution in [0, 0.1) is 5.41 Å². The Labute approximate surface area is 151 Å². The van der Waals surface area contributed by atoms with Crippen LogP contribution in [0.5, 0.6) is 5.75 Å². The first-order valence-electron chi connectivity index (χ1n) is 8.62. The van der Waals surface area contributed by atoms with Gasteiger partial charge in [0.2, 0.25) is 5.91 Å². The SMILES string of the molecule is Cn1cc(Br)c(O[C@H]2CC[C@H](N3CCC(C)(C)C3=O)CC2)cc1=O. The van der Waals surface area contributed by atoms with E-state index in [2.05, 4.69) is 20.8 Å². The summed E-state index contributed by atoms with van der Waals surface area (Å²) in [5.74, 6) is 0.904. The molecule has 5 nitrogen and oxygen atoms in total. The van der Waals surface area contributed by atoms with Crippen molar-refractivity contribution in [2.75, 3.05) is 6.54 Å². The predicted molar refractivity (Wildman–Crippen MR) is 96.2 cm³/mol. The Bertz CT molecular complexity index is 690. The van der Waals surface area contributed by atoms with E-state index in [1.165, 1.54) is 10.6 Å². The standard InChI is InChI=1S/C18H25BrN2O3/c1-18(2)8-9-21(17(18)23)12-4-6-13(7-5-12)24-15-10-16(22)20(3)11-14(15)19/h10-13H,4-9H2,1-3H3/t12-,13-. The average Bonchev–Trinajstić information content (AvgIpc) is 2.80. The van der Waals surface area contributed by atoms with Crippen LogP contribution in [0.2, 0.25) is 0 Å². The monoisotopic (exact) mass is 396 g/mol. The molecule has 0 atom stereocenters. The summed E-state index contributed by atoms with van der Waals surface area (Å²) in [7, 11) is 1.72. The maximum absolute atomic E-state index is 12.5. The molecular weight excluding hydrogens is 372 g/mol. The highest BCUT2D eigenvalue weighted by atomic mass is 79.9. The van der Waals surface area contributed by atoms with Gasteiger partial charge in [-0.25, -0.2) is 0 Å². The molecule has 1 saturated heterocycles. The van der Waals surface area contributed by atoms with Gasteiger partial charge in [0.05, 0.1) is 10.6 Å². The topological polar surface area (TPSA) is 51.5 Å². The molecule has 0 spiro atoms. The summed E-state index contributed by atoms with van der Waals surface area (Å²) in [6.07, 6.45) is 6.55. The van der Waals surface area contributed by atoms with Gasteiger partial charge in [-0.3, -0.25) is 9.59 Å². The van der Waals surface area contributed by atoms with Crippen molar-refractivity contribution in [2.45, 2.75) is 58.1 Å². The lowest BCUT2D eigenvalue weighted by Crippen LogP contribution is -2.42. The largest absolute Gasteiger partial charge is 0.489 e. The van der Waals surface area contributed by atoms with Gasteiger partial charge in [0.15, 0.2) is 0 Å². The zero-order valence-corrected chi connectivity index (χ0v) is 16.1. The first-order valence-corrected chi connectivity index (χ1v) is 9.41. The number of hydrogen-bond donors (Lipinski definition) is 0. The van der Waals surface area contributed by atoms with E-state index < -0.39 is 0 Å². The van der Waals surface area contributed by atoms with Gasteiger partial charge >= 0.3 is 0 Å². The maximum Gasteiger partial charge on any atom is 0.254 e. The van der Waals surface area contributed by atoms with Gasteiger partial charge in [0.25, 0.3) is 5.56 Å². The summed E-state index contributed by atoms with van der Waals surface area (Å²) in [6.45, 7) is 4.96. The molecule has 6 heteroatoms. The van der Waals surface area contributed by atoms with Crippen molar-refractivity contribution in [3.63, 3.8) is 0 Å². The lowest BCUT2D eigenvalue weighted by molar-refractivity contribution is -0.137. The Morgan fingerprint density at radius 2 is 1.88 bits per heavy atom. The second-order valence-corrected chi connectivity index (χ2v) is 8.47. The van der Waals surface area contributed by atoms with Crippen molar-refractivity contribution in [3.05, 3.63) is 27.1 Å². The first kappa shape index (κ1) is 17.5. The predicted octanol–water partition coefficient (Wildman–Crippen LogP) is 3.10. The molecule has 2 heterocycles. The molecular formula is C18H25BrN2O3. The van der Waals surface area contributed by atoms with Crippen LogP contribution in [-0.4, -0.2) is 34.1 Å². The molecule has 1 saturated carbocycles. The van der Waals surface area contributed by atoms with Crippen molar-refractivity contribution in [3.8, 4) is 5.75 Å². The number of rotatable bonds is 3. The highest BCUT2D eigenvalue weighted by Gasteiger charge is 2.42. The Morgan fingerprint density at radius 1 is 1.21 bits per heavy atom. The summed E-state index contributed by atoms with van der Waals surface area (Å²) >= 11 is 3.46. The molecule has 132 valence electrons. The zero-order valence-electron chi connectivity index (χ0n) is 14.5. The molecule has 0 aromatic carbocycles. The molecule has 2 fully saturated rings. The van der Waals surface area contributed by atoms with Crippen LogP contribution in [0.4, 0.5) is 0 Å². The zero-order chi connectivity index (χ0) is 17.5. The fraction of sp³-hybridized carbons (Fsp3) is 0.667. The van der Waals surface area contributed by atoms with Crippen LogP contribution in [0.3, 0.4) is 0 Å². The molecule has 1 aromatic rings. The minimum atomic E-state index is -0.206. The van der Waals surface area contributed by atoms with Crippen LogP contribution >= 0.6 is 15.9 Å². The van der Waals surface area contributed by atoms with Crippen molar-refractivity contribution in [1.29, 1.82) is 0 Å². The van der Waals surface area contributed by atoms with Crippen molar-refractivity contribution >= 4 is 21.8 Å². The number of hydrogen-bond acceptors (Lipinski definition) is 3. The van der Waals surface area contributed by atoms with E-state index in [0.29, 0.717) is 17.7 Å². The minimum absolute atomic E-state index is 0.0771. The molecule has 1 aliphatic carbocycles. The third-order valence-electron chi connectivity index (χ3n) is 5.34. The summed E-state index contributed by atoms with van der Waals surface area (Å²) in [4.78, 5) is 26.3. The highest BCUT2D eigenvalue weighted by molar-refractivity contribution is 9.10. The average molecular weight is 397 g/mol. The Kier molecular flexibility index (Phi) is 4.78. The molecule has 0 unspecified atom stereocenters. The number of likely N-dealkylation sites (tertiary alicyclic amines) is 1. The third-order valence-corrected chi connectivity index (χ3v) is 5.94. The van der Waals surface area contributed by atoms with E-state index in [-0.39, 0.29) is 17.1 Å².